The molecule has 3 amide bonds. The molecule has 0 radical (unpaired) electrons. The first-order valence-corrected chi connectivity index (χ1v) is 16.9. The Bertz CT molecular complexity index is 2250. The van der Waals surface area contributed by atoms with Crippen molar-refractivity contribution in [3.63, 3.8) is 0 Å². The number of ether oxygens (including phenoxy) is 1. The molecule has 2 fully saturated rings. The first kappa shape index (κ1) is 33.7. The van der Waals surface area contributed by atoms with Crippen LogP contribution in [-0.2, 0) is 28.5 Å². The van der Waals surface area contributed by atoms with Gasteiger partial charge in [-0.2, -0.15) is 10.1 Å². The minimum Gasteiger partial charge on any atom is -0.478 e. The van der Waals surface area contributed by atoms with E-state index in [9.17, 15) is 19.2 Å². The van der Waals surface area contributed by atoms with Gasteiger partial charge in [0.2, 0.25) is 17.8 Å². The summed E-state index contributed by atoms with van der Waals surface area (Å²) in [4.78, 5) is 64.5. The molecule has 2 aliphatic heterocycles. The summed E-state index contributed by atoms with van der Waals surface area (Å²) in [6.07, 6.45) is 4.79. The molecule has 2 saturated heterocycles. The second-order valence-corrected chi connectivity index (χ2v) is 13.1. The van der Waals surface area contributed by atoms with Crippen LogP contribution in [0.5, 0.6) is 5.75 Å². The van der Waals surface area contributed by atoms with Gasteiger partial charge in [0.25, 0.3) is 11.5 Å². The fourth-order valence-electron chi connectivity index (χ4n) is 6.60. The zero-order chi connectivity index (χ0) is 35.8. The molecule has 0 saturated carbocycles. The molecule has 2 aliphatic rings. The number of benzene rings is 1. The standard InChI is InChI=1S/C34H36ClN11O5/c1-36-27(48)17-51-25-12-19-11-20(14-38-31(19)44(2)33(25)50)40-30-23(35)15-39-34(42-30)46-10-9-18(16-46)13-37-24-6-4-5-21-28(43-45(3)29(21)24)22-7-8-26(47)41-32(22)49/h4-6,11-12,14-15,18,22,37H,7-10,13,16-17H2,1-3H3,(H,36,48)(H,39,40,42)(H,41,47,49)/t18-,22?/m1/s1. The van der Waals surface area contributed by atoms with Crippen LogP contribution in [0.4, 0.5) is 23.1 Å². The maximum absolute atomic E-state index is 12.7. The molecular formula is C34H36ClN11O5. The maximum Gasteiger partial charge on any atom is 0.294 e. The average Bonchev–Trinajstić information content (AvgIpc) is 3.74. The lowest BCUT2D eigenvalue weighted by atomic mass is 9.92. The van der Waals surface area contributed by atoms with Gasteiger partial charge in [0.1, 0.15) is 10.7 Å². The third kappa shape index (κ3) is 6.73. The molecule has 1 aromatic carbocycles. The van der Waals surface area contributed by atoms with Gasteiger partial charge in [0.15, 0.2) is 18.2 Å². The van der Waals surface area contributed by atoms with Crippen LogP contribution in [0.2, 0.25) is 5.02 Å². The molecule has 16 nitrogen and oxygen atoms in total. The van der Waals surface area contributed by atoms with Crippen molar-refractivity contribution in [2.45, 2.75) is 25.2 Å². The van der Waals surface area contributed by atoms with E-state index >= 15 is 0 Å². The van der Waals surface area contributed by atoms with Gasteiger partial charge >= 0.3 is 0 Å². The normalized spacial score (nSPS) is 17.5. The SMILES string of the molecule is CNC(=O)COc1cc2cc(Nc3nc(N4CC[C@H](CNc5cccc6c(C7CCC(=O)NC7=O)nn(C)c56)C4)ncc3Cl)cnc2n(C)c1=O. The van der Waals surface area contributed by atoms with Crippen molar-refractivity contribution in [2.24, 2.45) is 20.0 Å². The number of aryl methyl sites for hydroxylation is 2. The molecule has 0 bridgehead atoms. The number of halogens is 1. The Kier molecular flexibility index (Phi) is 9.16. The van der Waals surface area contributed by atoms with E-state index in [1.807, 2.05) is 25.2 Å². The highest BCUT2D eigenvalue weighted by molar-refractivity contribution is 6.33. The smallest absolute Gasteiger partial charge is 0.294 e. The lowest BCUT2D eigenvalue weighted by molar-refractivity contribution is -0.134. The minimum absolute atomic E-state index is 0.0296. The van der Waals surface area contributed by atoms with Crippen LogP contribution in [0.3, 0.4) is 0 Å². The predicted molar refractivity (Wildman–Crippen MR) is 192 cm³/mol. The molecular weight excluding hydrogens is 678 g/mol. The van der Waals surface area contributed by atoms with E-state index in [-0.39, 0.29) is 30.1 Å². The van der Waals surface area contributed by atoms with Crippen molar-refractivity contribution in [1.29, 1.82) is 0 Å². The summed E-state index contributed by atoms with van der Waals surface area (Å²) < 4.78 is 8.62. The molecule has 0 spiro atoms. The van der Waals surface area contributed by atoms with Crippen LogP contribution < -0.4 is 36.5 Å². The molecule has 264 valence electrons. The topological polar surface area (TPSA) is 190 Å². The Morgan fingerprint density at radius 2 is 1.96 bits per heavy atom. The first-order valence-electron chi connectivity index (χ1n) is 16.5. The number of pyridine rings is 2. The summed E-state index contributed by atoms with van der Waals surface area (Å²) in [5, 5.41) is 18.2. The van der Waals surface area contributed by atoms with Crippen LogP contribution >= 0.6 is 11.6 Å². The number of imide groups is 1. The summed E-state index contributed by atoms with van der Waals surface area (Å²) >= 11 is 6.52. The average molecular weight is 714 g/mol. The fourth-order valence-corrected chi connectivity index (χ4v) is 6.74. The maximum atomic E-state index is 12.7. The number of likely N-dealkylation sites (N-methyl/N-ethyl adjacent to an activating group) is 1. The molecule has 7 rings (SSSR count). The van der Waals surface area contributed by atoms with E-state index < -0.39 is 11.5 Å². The summed E-state index contributed by atoms with van der Waals surface area (Å²) in [5.41, 5.74) is 3.12. The highest BCUT2D eigenvalue weighted by Crippen LogP contribution is 2.34. The van der Waals surface area contributed by atoms with Gasteiger partial charge in [0.05, 0.1) is 40.9 Å². The van der Waals surface area contributed by atoms with Crippen molar-refractivity contribution in [1.82, 2.24) is 39.9 Å². The highest BCUT2D eigenvalue weighted by Gasteiger charge is 2.32. The molecule has 5 aromatic rings. The van der Waals surface area contributed by atoms with Crippen LogP contribution in [-0.4, -0.2) is 80.3 Å². The Labute approximate surface area is 296 Å². The van der Waals surface area contributed by atoms with Crippen LogP contribution in [0.25, 0.3) is 21.9 Å². The zero-order valence-corrected chi connectivity index (χ0v) is 29.0. The molecule has 1 unspecified atom stereocenters. The van der Waals surface area contributed by atoms with Crippen molar-refractivity contribution in [2.75, 3.05) is 48.8 Å². The number of amides is 3. The number of piperidine rings is 1. The van der Waals surface area contributed by atoms with Crippen LogP contribution in [0, 0.1) is 5.92 Å². The Hall–Kier alpha value is -5.77. The number of hydrogen-bond donors (Lipinski definition) is 4. The second-order valence-electron chi connectivity index (χ2n) is 12.7. The molecule has 2 atom stereocenters. The van der Waals surface area contributed by atoms with E-state index in [0.29, 0.717) is 64.5 Å². The summed E-state index contributed by atoms with van der Waals surface area (Å²) in [6.45, 7) is 1.89. The van der Waals surface area contributed by atoms with E-state index in [2.05, 4.69) is 36.1 Å². The number of hydrogen-bond acceptors (Lipinski definition) is 12. The number of rotatable bonds is 10. The van der Waals surface area contributed by atoms with Gasteiger partial charge in [-0.25, -0.2) is 9.97 Å². The number of para-hydroxylation sites is 1. The summed E-state index contributed by atoms with van der Waals surface area (Å²) in [7, 11) is 4.94. The molecule has 17 heteroatoms. The van der Waals surface area contributed by atoms with Crippen LogP contribution in [0.1, 0.15) is 30.9 Å². The number of nitrogens with one attached hydrogen (secondary N) is 4. The summed E-state index contributed by atoms with van der Waals surface area (Å²) in [6, 6.07) is 9.26. The van der Waals surface area contributed by atoms with E-state index in [0.717, 1.165) is 36.1 Å². The Morgan fingerprint density at radius 1 is 1.12 bits per heavy atom. The molecule has 0 aliphatic carbocycles. The number of nitrogens with zero attached hydrogens (tertiary/aromatic N) is 7. The van der Waals surface area contributed by atoms with E-state index in [1.165, 1.54) is 11.6 Å². The van der Waals surface area contributed by atoms with Crippen molar-refractivity contribution >= 4 is 74.4 Å². The molecule has 51 heavy (non-hydrogen) atoms. The van der Waals surface area contributed by atoms with Gasteiger partial charge in [0, 0.05) is 58.0 Å². The van der Waals surface area contributed by atoms with Gasteiger partial charge in [-0.15, -0.1) is 0 Å². The lowest BCUT2D eigenvalue weighted by Crippen LogP contribution is -2.39. The van der Waals surface area contributed by atoms with Gasteiger partial charge in [-0.1, -0.05) is 23.7 Å². The third-order valence-electron chi connectivity index (χ3n) is 9.26. The van der Waals surface area contributed by atoms with Crippen molar-refractivity contribution in [3.8, 4) is 5.75 Å². The van der Waals surface area contributed by atoms with Gasteiger partial charge in [-0.05, 0) is 37.0 Å². The zero-order valence-electron chi connectivity index (χ0n) is 28.2. The fraction of sp³-hybridized carbons (Fsp3) is 0.353. The number of aromatic nitrogens is 6. The van der Waals surface area contributed by atoms with E-state index in [1.54, 1.807) is 36.3 Å². The van der Waals surface area contributed by atoms with Gasteiger partial charge < -0.3 is 25.6 Å². The number of carbonyl (C=O) groups excluding carboxylic acids is 3. The Morgan fingerprint density at radius 3 is 2.76 bits per heavy atom. The lowest BCUT2D eigenvalue weighted by Gasteiger charge is -2.19. The highest BCUT2D eigenvalue weighted by atomic mass is 35.5. The predicted octanol–water partition coefficient (Wildman–Crippen LogP) is 2.59. The second kappa shape index (κ2) is 13.9. The number of carbonyl (C=O) groups is 3. The molecule has 4 aromatic heterocycles. The Balaban J connectivity index is 1.03. The quantitative estimate of drug-likeness (QED) is 0.155. The minimum atomic E-state index is -0.467. The van der Waals surface area contributed by atoms with E-state index in [4.69, 9.17) is 26.4 Å². The van der Waals surface area contributed by atoms with Crippen molar-refractivity contribution in [3.05, 3.63) is 63.8 Å². The van der Waals surface area contributed by atoms with Crippen LogP contribution in [0.15, 0.2) is 47.5 Å². The number of anilines is 4. The monoisotopic (exact) mass is 713 g/mol. The molecule has 4 N–H and O–H groups in total. The molecule has 6 heterocycles. The first-order chi connectivity index (χ1) is 24.6. The largest absolute Gasteiger partial charge is 0.478 e. The number of fused-ring (bicyclic) bond motifs is 2. The summed E-state index contributed by atoms with van der Waals surface area (Å²) in [5.74, 6) is -0.111. The third-order valence-corrected chi connectivity index (χ3v) is 9.54. The van der Waals surface area contributed by atoms with Crippen molar-refractivity contribution < 1.29 is 19.1 Å². The van der Waals surface area contributed by atoms with Gasteiger partial charge in [-0.3, -0.25) is 33.7 Å².